The molecule has 6 heteroatoms. The van der Waals surface area contributed by atoms with E-state index >= 15 is 0 Å². The van der Waals surface area contributed by atoms with Crippen molar-refractivity contribution in [1.29, 1.82) is 0 Å². The maximum absolute atomic E-state index is 12.1. The summed E-state index contributed by atoms with van der Waals surface area (Å²) in [6, 6.07) is 16.2. The first-order valence-corrected chi connectivity index (χ1v) is 9.77. The first-order valence-electron chi connectivity index (χ1n) is 8.29. The number of carbonyl (C=O) groups is 1. The van der Waals surface area contributed by atoms with Crippen molar-refractivity contribution in [2.45, 2.75) is 37.6 Å². The highest BCUT2D eigenvalue weighted by molar-refractivity contribution is 7.89. The predicted molar refractivity (Wildman–Crippen MR) is 98.8 cm³/mol. The number of nitrogens with one attached hydrogen (secondary N) is 2. The lowest BCUT2D eigenvalue weighted by molar-refractivity contribution is -0.120. The van der Waals surface area contributed by atoms with Crippen molar-refractivity contribution in [2.24, 2.45) is 0 Å². The summed E-state index contributed by atoms with van der Waals surface area (Å²) < 4.78 is 26.7. The molecule has 2 aromatic carbocycles. The second kappa shape index (κ2) is 8.78. The molecule has 134 valence electrons. The minimum absolute atomic E-state index is 0.0217. The Hall–Kier alpha value is -2.18. The number of benzene rings is 2. The highest BCUT2D eigenvalue weighted by Gasteiger charge is 2.14. The number of carbonyl (C=O) groups excluding carboxylic acids is 1. The maximum atomic E-state index is 12.1. The lowest BCUT2D eigenvalue weighted by atomic mass is 10.1. The van der Waals surface area contributed by atoms with E-state index in [-0.39, 0.29) is 16.8 Å². The van der Waals surface area contributed by atoms with Crippen LogP contribution in [-0.2, 0) is 27.7 Å². The number of hydrogen-bond acceptors (Lipinski definition) is 3. The Kier molecular flexibility index (Phi) is 6.73. The fourth-order valence-corrected chi connectivity index (χ4v) is 3.65. The van der Waals surface area contributed by atoms with E-state index in [0.29, 0.717) is 19.4 Å². The van der Waals surface area contributed by atoms with Gasteiger partial charge in [0.15, 0.2) is 0 Å². The molecule has 0 spiro atoms. The normalized spacial score (nSPS) is 11.5. The molecule has 1 amide bonds. The van der Waals surface area contributed by atoms with Gasteiger partial charge in [0.2, 0.25) is 15.9 Å². The molecule has 25 heavy (non-hydrogen) atoms. The van der Waals surface area contributed by atoms with Crippen LogP contribution in [0.15, 0.2) is 59.5 Å². The molecule has 0 bridgehead atoms. The molecule has 0 aliphatic rings. The Morgan fingerprint density at radius 1 is 0.960 bits per heavy atom. The van der Waals surface area contributed by atoms with Gasteiger partial charge in [-0.15, -0.1) is 0 Å². The fraction of sp³-hybridized carbons (Fsp3) is 0.316. The number of sulfonamides is 1. The van der Waals surface area contributed by atoms with Gasteiger partial charge in [0.05, 0.1) is 11.3 Å². The van der Waals surface area contributed by atoms with Crippen molar-refractivity contribution in [3.63, 3.8) is 0 Å². The summed E-state index contributed by atoms with van der Waals surface area (Å²) in [5, 5.41) is 2.88. The minimum Gasteiger partial charge on any atom is -0.355 e. The molecule has 0 heterocycles. The van der Waals surface area contributed by atoms with Gasteiger partial charge in [-0.3, -0.25) is 4.79 Å². The van der Waals surface area contributed by atoms with Gasteiger partial charge < -0.3 is 5.32 Å². The molecular formula is C19H24N2O3S. The molecule has 0 saturated heterocycles. The molecule has 0 unspecified atom stereocenters. The van der Waals surface area contributed by atoms with Gasteiger partial charge in [0, 0.05) is 12.6 Å². The zero-order valence-corrected chi connectivity index (χ0v) is 15.3. The van der Waals surface area contributed by atoms with Gasteiger partial charge in [-0.05, 0) is 43.5 Å². The van der Waals surface area contributed by atoms with Gasteiger partial charge in [0.1, 0.15) is 0 Å². The molecule has 0 aliphatic carbocycles. The first-order chi connectivity index (χ1) is 11.9. The van der Waals surface area contributed by atoms with Gasteiger partial charge in [-0.25, -0.2) is 13.1 Å². The van der Waals surface area contributed by atoms with Gasteiger partial charge in [0.25, 0.3) is 0 Å². The topological polar surface area (TPSA) is 75.3 Å². The Balaban J connectivity index is 1.82. The van der Waals surface area contributed by atoms with Crippen LogP contribution in [0.4, 0.5) is 0 Å². The molecule has 0 aliphatic heterocycles. The summed E-state index contributed by atoms with van der Waals surface area (Å²) in [5.74, 6) is -0.0217. The summed E-state index contributed by atoms with van der Waals surface area (Å²) in [6.07, 6.45) is 1.01. The molecule has 0 saturated carbocycles. The van der Waals surface area contributed by atoms with Gasteiger partial charge in [-0.1, -0.05) is 42.5 Å². The molecular weight excluding hydrogens is 336 g/mol. The summed E-state index contributed by atoms with van der Waals surface area (Å²) in [7, 11) is -3.46. The fourth-order valence-electron chi connectivity index (χ4n) is 2.40. The van der Waals surface area contributed by atoms with Crippen LogP contribution in [0.5, 0.6) is 0 Å². The van der Waals surface area contributed by atoms with Crippen LogP contribution >= 0.6 is 0 Å². The van der Waals surface area contributed by atoms with E-state index in [1.165, 1.54) is 0 Å². The van der Waals surface area contributed by atoms with Crippen LogP contribution < -0.4 is 10.0 Å². The minimum atomic E-state index is -3.46. The largest absolute Gasteiger partial charge is 0.355 e. The Morgan fingerprint density at radius 2 is 1.60 bits per heavy atom. The van der Waals surface area contributed by atoms with Gasteiger partial charge >= 0.3 is 0 Å². The van der Waals surface area contributed by atoms with Crippen molar-refractivity contribution in [3.8, 4) is 0 Å². The third-order valence-electron chi connectivity index (χ3n) is 3.57. The smallest absolute Gasteiger partial charge is 0.240 e. The van der Waals surface area contributed by atoms with Crippen LogP contribution in [-0.4, -0.2) is 26.9 Å². The van der Waals surface area contributed by atoms with Crippen molar-refractivity contribution >= 4 is 15.9 Å². The second-order valence-electron chi connectivity index (χ2n) is 6.18. The Bertz CT molecular complexity index is 785. The predicted octanol–water partition coefficient (Wildman–Crippen LogP) is 2.27. The third kappa shape index (κ3) is 6.32. The van der Waals surface area contributed by atoms with Crippen molar-refractivity contribution in [3.05, 3.63) is 65.7 Å². The van der Waals surface area contributed by atoms with Crippen molar-refractivity contribution in [1.82, 2.24) is 10.0 Å². The van der Waals surface area contributed by atoms with E-state index in [1.54, 1.807) is 38.1 Å². The molecule has 5 nitrogen and oxygen atoms in total. The molecule has 0 fully saturated rings. The molecule has 2 aromatic rings. The molecule has 0 aromatic heterocycles. The highest BCUT2D eigenvalue weighted by atomic mass is 32.2. The molecule has 0 radical (unpaired) electrons. The highest BCUT2D eigenvalue weighted by Crippen LogP contribution is 2.11. The first kappa shape index (κ1) is 19.1. The Morgan fingerprint density at radius 3 is 2.20 bits per heavy atom. The second-order valence-corrected chi connectivity index (χ2v) is 7.90. The SMILES string of the molecule is CC(C)NS(=O)(=O)c1ccc(CCNC(=O)Cc2ccccc2)cc1. The lowest BCUT2D eigenvalue weighted by Gasteiger charge is -2.10. The van der Waals surface area contributed by atoms with Crippen LogP contribution in [0.1, 0.15) is 25.0 Å². The van der Waals surface area contributed by atoms with E-state index in [0.717, 1.165) is 11.1 Å². The van der Waals surface area contributed by atoms with Crippen LogP contribution in [0.25, 0.3) is 0 Å². The van der Waals surface area contributed by atoms with E-state index in [9.17, 15) is 13.2 Å². The number of amides is 1. The zero-order chi connectivity index (χ0) is 18.3. The summed E-state index contributed by atoms with van der Waals surface area (Å²) in [6.45, 7) is 4.08. The number of hydrogen-bond donors (Lipinski definition) is 2. The average molecular weight is 360 g/mol. The summed E-state index contributed by atoms with van der Waals surface area (Å²) in [5.41, 5.74) is 1.95. The van der Waals surface area contributed by atoms with E-state index in [1.807, 2.05) is 30.3 Å². The summed E-state index contributed by atoms with van der Waals surface area (Å²) >= 11 is 0. The van der Waals surface area contributed by atoms with Crippen molar-refractivity contribution < 1.29 is 13.2 Å². The van der Waals surface area contributed by atoms with Crippen molar-refractivity contribution in [2.75, 3.05) is 6.54 Å². The molecule has 0 atom stereocenters. The summed E-state index contributed by atoms with van der Waals surface area (Å²) in [4.78, 5) is 12.1. The monoisotopic (exact) mass is 360 g/mol. The number of rotatable bonds is 8. The molecule has 2 rings (SSSR count). The quantitative estimate of drug-likeness (QED) is 0.758. The lowest BCUT2D eigenvalue weighted by Crippen LogP contribution is -2.30. The van der Waals surface area contributed by atoms with E-state index < -0.39 is 10.0 Å². The van der Waals surface area contributed by atoms with Gasteiger partial charge in [-0.2, -0.15) is 0 Å². The van der Waals surface area contributed by atoms with Crippen LogP contribution in [0, 0.1) is 0 Å². The van der Waals surface area contributed by atoms with E-state index in [4.69, 9.17) is 0 Å². The van der Waals surface area contributed by atoms with Crippen LogP contribution in [0.2, 0.25) is 0 Å². The third-order valence-corrected chi connectivity index (χ3v) is 5.24. The zero-order valence-electron chi connectivity index (χ0n) is 14.5. The Labute approximate surface area is 149 Å². The van der Waals surface area contributed by atoms with Crippen LogP contribution in [0.3, 0.4) is 0 Å². The van der Waals surface area contributed by atoms with E-state index in [2.05, 4.69) is 10.0 Å². The standard InChI is InChI=1S/C19H24N2O3S/c1-15(2)21-25(23,24)18-10-8-16(9-11-18)12-13-20-19(22)14-17-6-4-3-5-7-17/h3-11,15,21H,12-14H2,1-2H3,(H,20,22). The molecule has 2 N–H and O–H groups in total. The average Bonchev–Trinajstić information content (AvgIpc) is 2.55. The maximum Gasteiger partial charge on any atom is 0.240 e.